The summed E-state index contributed by atoms with van der Waals surface area (Å²) >= 11 is 6.20. The fourth-order valence-corrected chi connectivity index (χ4v) is 2.64. The molecule has 1 heterocycles. The number of nitrogens with one attached hydrogen (secondary N) is 1. The zero-order valence-electron chi connectivity index (χ0n) is 11.8. The van der Waals surface area contributed by atoms with E-state index >= 15 is 0 Å². The summed E-state index contributed by atoms with van der Waals surface area (Å²) in [6.45, 7) is 2.32. The van der Waals surface area contributed by atoms with Crippen LogP contribution in [-0.2, 0) is 16.1 Å². The van der Waals surface area contributed by atoms with Gasteiger partial charge in [-0.2, -0.15) is 0 Å². The number of likely N-dealkylation sites (tertiary alicyclic amines) is 1. The second-order valence-corrected chi connectivity index (χ2v) is 5.56. The first-order valence-electron chi connectivity index (χ1n) is 6.78. The van der Waals surface area contributed by atoms with E-state index in [1.807, 2.05) is 25.1 Å². The summed E-state index contributed by atoms with van der Waals surface area (Å²) in [7, 11) is 1.69. The Kier molecular flexibility index (Phi) is 4.65. The molecule has 1 aliphatic heterocycles. The van der Waals surface area contributed by atoms with Gasteiger partial charge in [0.15, 0.2) is 0 Å². The fourth-order valence-electron chi connectivity index (χ4n) is 2.44. The Morgan fingerprint density at radius 1 is 1.50 bits per heavy atom. The van der Waals surface area contributed by atoms with Crippen LogP contribution in [-0.4, -0.2) is 29.8 Å². The lowest BCUT2D eigenvalue weighted by Gasteiger charge is -2.31. The molecule has 1 saturated heterocycles. The molecular weight excluding hydrogens is 276 g/mol. The summed E-state index contributed by atoms with van der Waals surface area (Å²) in [4.78, 5) is 25.3. The van der Waals surface area contributed by atoms with Gasteiger partial charge in [0.2, 0.25) is 11.8 Å². The molecule has 5 heteroatoms. The molecule has 0 aliphatic carbocycles. The van der Waals surface area contributed by atoms with Crippen LogP contribution in [0.4, 0.5) is 0 Å². The van der Waals surface area contributed by atoms with Gasteiger partial charge in [-0.05, 0) is 30.9 Å². The van der Waals surface area contributed by atoms with E-state index in [9.17, 15) is 9.59 Å². The van der Waals surface area contributed by atoms with Crippen LogP contribution in [0.5, 0.6) is 0 Å². The molecule has 2 rings (SSSR count). The minimum atomic E-state index is -0.361. The van der Waals surface area contributed by atoms with E-state index < -0.39 is 0 Å². The summed E-state index contributed by atoms with van der Waals surface area (Å²) in [5.41, 5.74) is 1.88. The third-order valence-corrected chi connectivity index (χ3v) is 4.30. The highest BCUT2D eigenvalue weighted by Gasteiger charge is 2.30. The Morgan fingerprint density at radius 2 is 2.25 bits per heavy atom. The van der Waals surface area contributed by atoms with Crippen molar-refractivity contribution in [2.24, 2.45) is 0 Å². The highest BCUT2D eigenvalue weighted by atomic mass is 35.5. The Labute approximate surface area is 124 Å². The molecule has 0 spiro atoms. The van der Waals surface area contributed by atoms with Crippen molar-refractivity contribution in [3.63, 3.8) is 0 Å². The van der Waals surface area contributed by atoms with Crippen molar-refractivity contribution in [2.75, 3.05) is 7.05 Å². The number of halogens is 1. The monoisotopic (exact) mass is 294 g/mol. The number of amides is 2. The van der Waals surface area contributed by atoms with E-state index in [4.69, 9.17) is 11.6 Å². The molecule has 0 saturated carbocycles. The summed E-state index contributed by atoms with van der Waals surface area (Å²) < 4.78 is 0. The number of piperidine rings is 1. The standard InChI is InChI=1S/C15H19ClN2O2/c1-10-5-3-6-11(14(10)16)9-17-15(20)12-7-4-8-13(19)18(12)2/h3,5-6,12H,4,7-9H2,1-2H3,(H,17,20). The van der Waals surface area contributed by atoms with Crippen LogP contribution in [0.3, 0.4) is 0 Å². The molecule has 1 aromatic carbocycles. The highest BCUT2D eigenvalue weighted by Crippen LogP contribution is 2.21. The normalized spacial score (nSPS) is 19.1. The lowest BCUT2D eigenvalue weighted by Crippen LogP contribution is -2.49. The van der Waals surface area contributed by atoms with Gasteiger partial charge in [0, 0.05) is 25.0 Å². The van der Waals surface area contributed by atoms with E-state index in [0.717, 1.165) is 24.0 Å². The molecular formula is C15H19ClN2O2. The van der Waals surface area contributed by atoms with E-state index in [1.54, 1.807) is 7.05 Å². The van der Waals surface area contributed by atoms with Gasteiger partial charge in [-0.25, -0.2) is 0 Å². The van der Waals surface area contributed by atoms with Crippen molar-refractivity contribution in [1.82, 2.24) is 10.2 Å². The van der Waals surface area contributed by atoms with Gasteiger partial charge >= 0.3 is 0 Å². The van der Waals surface area contributed by atoms with Crippen LogP contribution in [0.15, 0.2) is 18.2 Å². The quantitative estimate of drug-likeness (QED) is 0.930. The molecule has 1 atom stereocenters. The van der Waals surface area contributed by atoms with Crippen LogP contribution in [0.2, 0.25) is 5.02 Å². The van der Waals surface area contributed by atoms with Crippen LogP contribution in [0, 0.1) is 6.92 Å². The SMILES string of the molecule is Cc1cccc(CNC(=O)C2CCCC(=O)N2C)c1Cl. The predicted molar refractivity (Wildman–Crippen MR) is 78.4 cm³/mol. The third-order valence-electron chi connectivity index (χ3n) is 3.76. The lowest BCUT2D eigenvalue weighted by atomic mass is 10.0. The Balaban J connectivity index is 1.98. The fraction of sp³-hybridized carbons (Fsp3) is 0.467. The zero-order chi connectivity index (χ0) is 14.7. The van der Waals surface area contributed by atoms with Gasteiger partial charge in [0.05, 0.1) is 0 Å². The third kappa shape index (κ3) is 3.12. The molecule has 0 bridgehead atoms. The number of hydrogen-bond donors (Lipinski definition) is 1. The number of carbonyl (C=O) groups excluding carboxylic acids is 2. The minimum Gasteiger partial charge on any atom is -0.350 e. The Morgan fingerprint density at radius 3 is 3.00 bits per heavy atom. The van der Waals surface area contributed by atoms with Gasteiger partial charge in [-0.3, -0.25) is 9.59 Å². The van der Waals surface area contributed by atoms with Crippen molar-refractivity contribution in [3.05, 3.63) is 34.3 Å². The van der Waals surface area contributed by atoms with E-state index in [-0.39, 0.29) is 17.9 Å². The molecule has 2 amide bonds. The average molecular weight is 295 g/mol. The smallest absolute Gasteiger partial charge is 0.243 e. The van der Waals surface area contributed by atoms with Gasteiger partial charge < -0.3 is 10.2 Å². The van der Waals surface area contributed by atoms with Crippen LogP contribution >= 0.6 is 11.6 Å². The van der Waals surface area contributed by atoms with Crippen molar-refractivity contribution < 1.29 is 9.59 Å². The predicted octanol–water partition coefficient (Wildman–Crippen LogP) is 2.28. The van der Waals surface area contributed by atoms with E-state index in [2.05, 4.69) is 5.32 Å². The van der Waals surface area contributed by atoms with Gasteiger partial charge in [0.25, 0.3) is 0 Å². The summed E-state index contributed by atoms with van der Waals surface area (Å²) in [5, 5.41) is 3.55. The van der Waals surface area contributed by atoms with Crippen LogP contribution in [0.1, 0.15) is 30.4 Å². The lowest BCUT2D eigenvalue weighted by molar-refractivity contribution is -0.142. The van der Waals surface area contributed by atoms with Gasteiger partial charge in [0.1, 0.15) is 6.04 Å². The van der Waals surface area contributed by atoms with Crippen LogP contribution in [0.25, 0.3) is 0 Å². The number of hydrogen-bond acceptors (Lipinski definition) is 2. The minimum absolute atomic E-state index is 0.0324. The van der Waals surface area contributed by atoms with E-state index in [0.29, 0.717) is 18.0 Å². The second kappa shape index (κ2) is 6.27. The van der Waals surface area contributed by atoms with Crippen molar-refractivity contribution in [3.8, 4) is 0 Å². The molecule has 108 valence electrons. The summed E-state index contributed by atoms with van der Waals surface area (Å²) in [5.74, 6) is -0.0805. The molecule has 1 aliphatic rings. The first-order chi connectivity index (χ1) is 9.50. The second-order valence-electron chi connectivity index (χ2n) is 5.18. The molecule has 1 fully saturated rings. The van der Waals surface area contributed by atoms with Crippen molar-refractivity contribution in [1.29, 1.82) is 0 Å². The largest absolute Gasteiger partial charge is 0.350 e. The molecule has 0 radical (unpaired) electrons. The number of nitrogens with zero attached hydrogens (tertiary/aromatic N) is 1. The van der Waals surface area contributed by atoms with Crippen LogP contribution < -0.4 is 5.32 Å². The number of carbonyl (C=O) groups is 2. The van der Waals surface area contributed by atoms with Crippen molar-refractivity contribution in [2.45, 2.75) is 38.8 Å². The Bertz CT molecular complexity index is 531. The van der Waals surface area contributed by atoms with Gasteiger partial charge in [-0.15, -0.1) is 0 Å². The average Bonchev–Trinajstić information content (AvgIpc) is 2.43. The molecule has 1 N–H and O–H groups in total. The summed E-state index contributed by atoms with van der Waals surface area (Å²) in [6.07, 6.45) is 2.02. The van der Waals surface area contributed by atoms with Gasteiger partial charge in [-0.1, -0.05) is 29.8 Å². The summed E-state index contributed by atoms with van der Waals surface area (Å²) in [6, 6.07) is 5.38. The Hall–Kier alpha value is -1.55. The first kappa shape index (κ1) is 14.9. The maximum absolute atomic E-state index is 12.2. The maximum Gasteiger partial charge on any atom is 0.243 e. The number of likely N-dealkylation sites (N-methyl/N-ethyl adjacent to an activating group) is 1. The molecule has 0 aromatic heterocycles. The molecule has 1 unspecified atom stereocenters. The number of benzene rings is 1. The number of rotatable bonds is 3. The molecule has 1 aromatic rings. The van der Waals surface area contributed by atoms with Crippen molar-refractivity contribution >= 4 is 23.4 Å². The molecule has 4 nitrogen and oxygen atoms in total. The topological polar surface area (TPSA) is 49.4 Å². The molecule has 20 heavy (non-hydrogen) atoms. The first-order valence-corrected chi connectivity index (χ1v) is 7.16. The number of aryl methyl sites for hydroxylation is 1. The highest BCUT2D eigenvalue weighted by molar-refractivity contribution is 6.32. The van der Waals surface area contributed by atoms with E-state index in [1.165, 1.54) is 4.90 Å². The maximum atomic E-state index is 12.2. The zero-order valence-corrected chi connectivity index (χ0v) is 12.5.